The van der Waals surface area contributed by atoms with Gasteiger partial charge in [-0.05, 0) is 35.9 Å². The van der Waals surface area contributed by atoms with Crippen molar-refractivity contribution in [1.29, 1.82) is 0 Å². The van der Waals surface area contributed by atoms with Gasteiger partial charge in [0.25, 0.3) is 0 Å². The van der Waals surface area contributed by atoms with Gasteiger partial charge in [0.2, 0.25) is 5.89 Å². The van der Waals surface area contributed by atoms with E-state index in [-0.39, 0.29) is 12.2 Å². The third-order valence-corrected chi connectivity index (χ3v) is 3.37. The maximum absolute atomic E-state index is 13.3. The number of oxazole rings is 1. The monoisotopic (exact) mass is 314 g/mol. The van der Waals surface area contributed by atoms with Gasteiger partial charge < -0.3 is 14.8 Å². The first kappa shape index (κ1) is 15.2. The molecule has 0 saturated heterocycles. The van der Waals surface area contributed by atoms with Gasteiger partial charge >= 0.3 is 5.97 Å². The zero-order chi connectivity index (χ0) is 16.2. The standard InChI is InChI=1S/C17H15FN2O3/c18-13-3-1-2-12(9-13)17-20-14-5-4-11(8-15(14)23-17)10-19-7-6-16(21)22/h1-5,8-9,19H,6-7,10H2,(H,21,22). The zero-order valence-corrected chi connectivity index (χ0v) is 12.3. The Hall–Kier alpha value is -2.73. The van der Waals surface area contributed by atoms with Crippen molar-refractivity contribution in [2.45, 2.75) is 13.0 Å². The number of carboxylic acid groups (broad SMARTS) is 1. The van der Waals surface area contributed by atoms with E-state index < -0.39 is 5.97 Å². The number of hydrogen-bond donors (Lipinski definition) is 2. The van der Waals surface area contributed by atoms with Crippen LogP contribution in [0.15, 0.2) is 46.9 Å². The quantitative estimate of drug-likeness (QED) is 0.683. The Morgan fingerprint density at radius 1 is 1.26 bits per heavy atom. The summed E-state index contributed by atoms with van der Waals surface area (Å²) in [6, 6.07) is 11.7. The van der Waals surface area contributed by atoms with Crippen molar-refractivity contribution in [3.8, 4) is 11.5 Å². The van der Waals surface area contributed by atoms with Crippen LogP contribution in [-0.2, 0) is 11.3 Å². The minimum atomic E-state index is -0.831. The Balaban J connectivity index is 1.77. The minimum absolute atomic E-state index is 0.0777. The average molecular weight is 314 g/mol. The van der Waals surface area contributed by atoms with Crippen LogP contribution in [0.3, 0.4) is 0 Å². The van der Waals surface area contributed by atoms with E-state index in [1.807, 2.05) is 18.2 Å². The molecule has 1 heterocycles. The molecule has 0 unspecified atom stereocenters. The number of aromatic nitrogens is 1. The van der Waals surface area contributed by atoms with E-state index in [9.17, 15) is 9.18 Å². The highest BCUT2D eigenvalue weighted by molar-refractivity contribution is 5.76. The number of nitrogens with one attached hydrogen (secondary N) is 1. The predicted octanol–water partition coefficient (Wildman–Crippen LogP) is 3.20. The summed E-state index contributed by atoms with van der Waals surface area (Å²) in [6.45, 7) is 0.942. The molecule has 0 radical (unpaired) electrons. The summed E-state index contributed by atoms with van der Waals surface area (Å²) >= 11 is 0. The Kier molecular flexibility index (Phi) is 4.34. The summed E-state index contributed by atoms with van der Waals surface area (Å²) in [6.07, 6.45) is 0.0777. The van der Waals surface area contributed by atoms with Crippen LogP contribution >= 0.6 is 0 Å². The maximum atomic E-state index is 13.3. The van der Waals surface area contributed by atoms with Crippen LogP contribution in [0.25, 0.3) is 22.6 Å². The van der Waals surface area contributed by atoms with Crippen LogP contribution in [0.2, 0.25) is 0 Å². The smallest absolute Gasteiger partial charge is 0.304 e. The molecule has 0 amide bonds. The Bertz CT molecular complexity index is 845. The topological polar surface area (TPSA) is 75.4 Å². The number of halogens is 1. The largest absolute Gasteiger partial charge is 0.481 e. The first-order chi connectivity index (χ1) is 11.1. The molecule has 2 N–H and O–H groups in total. The predicted molar refractivity (Wildman–Crippen MR) is 83.4 cm³/mol. The lowest BCUT2D eigenvalue weighted by molar-refractivity contribution is -0.136. The highest BCUT2D eigenvalue weighted by Gasteiger charge is 2.09. The fourth-order valence-electron chi connectivity index (χ4n) is 2.25. The van der Waals surface area contributed by atoms with Gasteiger partial charge in [0.15, 0.2) is 5.58 Å². The van der Waals surface area contributed by atoms with Crippen LogP contribution in [0.5, 0.6) is 0 Å². The molecule has 0 bridgehead atoms. The summed E-state index contributed by atoms with van der Waals surface area (Å²) in [7, 11) is 0. The van der Waals surface area contributed by atoms with E-state index in [0.717, 1.165) is 5.56 Å². The van der Waals surface area contributed by atoms with Gasteiger partial charge in [-0.3, -0.25) is 4.79 Å². The minimum Gasteiger partial charge on any atom is -0.481 e. The van der Waals surface area contributed by atoms with Gasteiger partial charge in [-0.2, -0.15) is 0 Å². The van der Waals surface area contributed by atoms with E-state index >= 15 is 0 Å². The lowest BCUT2D eigenvalue weighted by Gasteiger charge is -2.02. The number of carboxylic acids is 1. The molecular formula is C17H15FN2O3. The van der Waals surface area contributed by atoms with Gasteiger partial charge in [0, 0.05) is 18.7 Å². The summed E-state index contributed by atoms with van der Waals surface area (Å²) < 4.78 is 19.0. The summed E-state index contributed by atoms with van der Waals surface area (Å²) in [4.78, 5) is 14.8. The van der Waals surface area contributed by atoms with Crippen molar-refractivity contribution in [1.82, 2.24) is 10.3 Å². The zero-order valence-electron chi connectivity index (χ0n) is 12.3. The summed E-state index contributed by atoms with van der Waals surface area (Å²) in [5.74, 6) is -0.800. The third kappa shape index (κ3) is 3.73. The molecule has 0 atom stereocenters. The fraction of sp³-hybridized carbons (Fsp3) is 0.176. The van der Waals surface area contributed by atoms with Crippen LogP contribution < -0.4 is 5.32 Å². The van der Waals surface area contributed by atoms with E-state index in [4.69, 9.17) is 9.52 Å². The van der Waals surface area contributed by atoms with Gasteiger partial charge in [-0.25, -0.2) is 9.37 Å². The molecule has 0 fully saturated rings. The number of aliphatic carboxylic acids is 1. The first-order valence-corrected chi connectivity index (χ1v) is 7.20. The van der Waals surface area contributed by atoms with Gasteiger partial charge in [0.05, 0.1) is 6.42 Å². The fourth-order valence-corrected chi connectivity index (χ4v) is 2.25. The molecule has 0 aliphatic heterocycles. The first-order valence-electron chi connectivity index (χ1n) is 7.20. The van der Waals surface area contributed by atoms with Gasteiger partial charge in [0.1, 0.15) is 11.3 Å². The molecule has 0 spiro atoms. The van der Waals surface area contributed by atoms with E-state index in [1.54, 1.807) is 12.1 Å². The summed E-state index contributed by atoms with van der Waals surface area (Å²) in [5, 5.41) is 11.6. The second-order valence-electron chi connectivity index (χ2n) is 5.15. The summed E-state index contributed by atoms with van der Waals surface area (Å²) in [5.41, 5.74) is 2.85. The molecule has 2 aromatic carbocycles. The molecule has 5 nitrogen and oxygen atoms in total. The van der Waals surface area contributed by atoms with Crippen molar-refractivity contribution in [3.63, 3.8) is 0 Å². The number of benzene rings is 2. The molecule has 3 rings (SSSR count). The van der Waals surface area contributed by atoms with Crippen LogP contribution in [-0.4, -0.2) is 22.6 Å². The molecule has 3 aromatic rings. The second-order valence-corrected chi connectivity index (χ2v) is 5.15. The Morgan fingerprint density at radius 3 is 2.91 bits per heavy atom. The Labute approximate surface area is 131 Å². The van der Waals surface area contributed by atoms with E-state index in [1.165, 1.54) is 12.1 Å². The van der Waals surface area contributed by atoms with E-state index in [0.29, 0.717) is 35.6 Å². The van der Waals surface area contributed by atoms with Crippen molar-refractivity contribution >= 4 is 17.1 Å². The van der Waals surface area contributed by atoms with Crippen molar-refractivity contribution in [3.05, 3.63) is 53.8 Å². The molecule has 0 aliphatic rings. The van der Waals surface area contributed by atoms with Gasteiger partial charge in [-0.1, -0.05) is 12.1 Å². The lowest BCUT2D eigenvalue weighted by atomic mass is 10.2. The number of carbonyl (C=O) groups is 1. The van der Waals surface area contributed by atoms with E-state index in [2.05, 4.69) is 10.3 Å². The normalized spacial score (nSPS) is 11.0. The highest BCUT2D eigenvalue weighted by atomic mass is 19.1. The second kappa shape index (κ2) is 6.58. The van der Waals surface area contributed by atoms with Crippen molar-refractivity contribution in [2.24, 2.45) is 0 Å². The number of rotatable bonds is 6. The molecular weight excluding hydrogens is 299 g/mol. The van der Waals surface area contributed by atoms with Gasteiger partial charge in [-0.15, -0.1) is 0 Å². The Morgan fingerprint density at radius 2 is 2.13 bits per heavy atom. The van der Waals surface area contributed by atoms with Crippen LogP contribution in [0.4, 0.5) is 4.39 Å². The van der Waals surface area contributed by atoms with Crippen LogP contribution in [0, 0.1) is 5.82 Å². The average Bonchev–Trinajstić information content (AvgIpc) is 2.94. The molecule has 118 valence electrons. The molecule has 1 aromatic heterocycles. The molecule has 6 heteroatoms. The van der Waals surface area contributed by atoms with Crippen molar-refractivity contribution < 1.29 is 18.7 Å². The SMILES string of the molecule is O=C(O)CCNCc1ccc2nc(-c3cccc(F)c3)oc2c1. The third-order valence-electron chi connectivity index (χ3n) is 3.37. The number of nitrogens with zero attached hydrogens (tertiary/aromatic N) is 1. The molecule has 0 aliphatic carbocycles. The molecule has 23 heavy (non-hydrogen) atoms. The molecule has 0 saturated carbocycles. The lowest BCUT2D eigenvalue weighted by Crippen LogP contribution is -2.17. The number of fused-ring (bicyclic) bond motifs is 1. The maximum Gasteiger partial charge on any atom is 0.304 e. The van der Waals surface area contributed by atoms with Crippen molar-refractivity contribution in [2.75, 3.05) is 6.54 Å². The number of hydrogen-bond acceptors (Lipinski definition) is 4. The highest BCUT2D eigenvalue weighted by Crippen LogP contribution is 2.25. The van der Waals surface area contributed by atoms with Crippen LogP contribution in [0.1, 0.15) is 12.0 Å².